The van der Waals surface area contributed by atoms with Crippen LogP contribution in [0.2, 0.25) is 0 Å². The number of aromatic nitrogens is 2. The molecule has 7 heteroatoms. The van der Waals surface area contributed by atoms with Crippen molar-refractivity contribution in [2.24, 2.45) is 7.05 Å². The summed E-state index contributed by atoms with van der Waals surface area (Å²) in [4.78, 5) is 32.2. The summed E-state index contributed by atoms with van der Waals surface area (Å²) in [6, 6.07) is 15.6. The van der Waals surface area contributed by atoms with Crippen molar-refractivity contribution in [1.82, 2.24) is 19.8 Å². The Kier molecular flexibility index (Phi) is 6.32. The highest BCUT2D eigenvalue weighted by molar-refractivity contribution is 7.99. The van der Waals surface area contributed by atoms with E-state index in [0.717, 1.165) is 28.2 Å². The van der Waals surface area contributed by atoms with E-state index in [1.807, 2.05) is 74.0 Å². The molecular formula is C24H28N4O2S. The number of para-hydroxylation sites is 2. The number of thioether (sulfide) groups is 1. The first-order chi connectivity index (χ1) is 14.9. The molecule has 1 N–H and O–H groups in total. The van der Waals surface area contributed by atoms with Crippen molar-refractivity contribution in [2.75, 3.05) is 12.3 Å². The number of rotatable bonds is 6. The summed E-state index contributed by atoms with van der Waals surface area (Å²) in [5.74, 6) is 0.179. The Morgan fingerprint density at radius 3 is 2.68 bits per heavy atom. The first-order valence-corrected chi connectivity index (χ1v) is 11.6. The van der Waals surface area contributed by atoms with E-state index < -0.39 is 6.04 Å². The topological polar surface area (TPSA) is 67.2 Å². The van der Waals surface area contributed by atoms with Crippen molar-refractivity contribution in [3.63, 3.8) is 0 Å². The lowest BCUT2D eigenvalue weighted by molar-refractivity contribution is -0.136. The van der Waals surface area contributed by atoms with Crippen molar-refractivity contribution >= 4 is 34.6 Å². The summed E-state index contributed by atoms with van der Waals surface area (Å²) in [5, 5.41) is 3.90. The third-order valence-electron chi connectivity index (χ3n) is 5.88. The number of benzene rings is 2. The highest BCUT2D eigenvalue weighted by Gasteiger charge is 2.34. The van der Waals surface area contributed by atoms with Crippen LogP contribution in [0.25, 0.3) is 11.0 Å². The van der Waals surface area contributed by atoms with Gasteiger partial charge in [0.1, 0.15) is 6.04 Å². The van der Waals surface area contributed by atoms with Crippen LogP contribution in [-0.4, -0.2) is 44.6 Å². The summed E-state index contributed by atoms with van der Waals surface area (Å²) < 4.78 is 2.00. The highest BCUT2D eigenvalue weighted by atomic mass is 32.2. The predicted octanol–water partition coefficient (Wildman–Crippen LogP) is 3.84. The van der Waals surface area contributed by atoms with Gasteiger partial charge in [0.15, 0.2) is 5.16 Å². The fourth-order valence-electron chi connectivity index (χ4n) is 4.05. The second-order valence-corrected chi connectivity index (χ2v) is 9.06. The van der Waals surface area contributed by atoms with E-state index in [1.165, 1.54) is 17.3 Å². The number of likely N-dealkylation sites (tertiary alicyclic amines) is 1. The van der Waals surface area contributed by atoms with Crippen molar-refractivity contribution in [2.45, 2.75) is 43.9 Å². The molecule has 1 fully saturated rings. The number of fused-ring (bicyclic) bond motifs is 1. The third kappa shape index (κ3) is 4.61. The minimum atomic E-state index is -0.401. The summed E-state index contributed by atoms with van der Waals surface area (Å²) in [5.41, 5.74) is 4.21. The number of carbonyl (C=O) groups excluding carboxylic acids is 2. The molecule has 6 nitrogen and oxygen atoms in total. The van der Waals surface area contributed by atoms with Gasteiger partial charge in [-0.15, -0.1) is 0 Å². The van der Waals surface area contributed by atoms with Gasteiger partial charge in [0, 0.05) is 13.6 Å². The molecule has 0 radical (unpaired) electrons. The van der Waals surface area contributed by atoms with E-state index in [9.17, 15) is 9.59 Å². The van der Waals surface area contributed by atoms with Gasteiger partial charge in [0.2, 0.25) is 11.8 Å². The van der Waals surface area contributed by atoms with Crippen molar-refractivity contribution in [3.05, 3.63) is 59.7 Å². The van der Waals surface area contributed by atoms with E-state index in [4.69, 9.17) is 0 Å². The number of aryl methyl sites for hydroxylation is 2. The maximum Gasteiger partial charge on any atom is 0.243 e. The normalized spacial score (nSPS) is 17.1. The van der Waals surface area contributed by atoms with Crippen LogP contribution in [0.3, 0.4) is 0 Å². The lowest BCUT2D eigenvalue weighted by Crippen LogP contribution is -2.47. The molecule has 1 aliphatic heterocycles. The van der Waals surface area contributed by atoms with Gasteiger partial charge in [-0.2, -0.15) is 0 Å². The maximum absolute atomic E-state index is 12.9. The summed E-state index contributed by atoms with van der Waals surface area (Å²) in [7, 11) is 1.96. The molecule has 2 atom stereocenters. The molecule has 0 bridgehead atoms. The van der Waals surface area contributed by atoms with Crippen LogP contribution in [-0.2, 0) is 16.6 Å². The SMILES string of the molecule is Cc1ccc([C@H](C)NC(=O)[C@@H]2CCCN2C(=O)CSc2nc3ccccc3n2C)cc1. The Morgan fingerprint density at radius 1 is 1.19 bits per heavy atom. The number of hydrogen-bond donors (Lipinski definition) is 1. The van der Waals surface area contributed by atoms with Crippen LogP contribution in [0.5, 0.6) is 0 Å². The van der Waals surface area contributed by atoms with Crippen LogP contribution >= 0.6 is 11.8 Å². The molecule has 0 saturated carbocycles. The Balaban J connectivity index is 1.37. The van der Waals surface area contributed by atoms with Gasteiger partial charge in [0.25, 0.3) is 0 Å². The molecule has 3 aromatic rings. The summed E-state index contributed by atoms with van der Waals surface area (Å²) in [6.45, 7) is 4.64. The van der Waals surface area contributed by atoms with Crippen LogP contribution in [0, 0.1) is 6.92 Å². The minimum Gasteiger partial charge on any atom is -0.348 e. The number of amides is 2. The second kappa shape index (κ2) is 9.14. The van der Waals surface area contributed by atoms with Gasteiger partial charge < -0.3 is 14.8 Å². The van der Waals surface area contributed by atoms with Gasteiger partial charge in [-0.1, -0.05) is 53.7 Å². The zero-order valence-corrected chi connectivity index (χ0v) is 19.0. The Bertz CT molecular complexity index is 1090. The predicted molar refractivity (Wildman–Crippen MR) is 124 cm³/mol. The number of nitrogens with one attached hydrogen (secondary N) is 1. The Labute approximate surface area is 187 Å². The zero-order valence-electron chi connectivity index (χ0n) is 18.2. The fraction of sp³-hybridized carbons (Fsp3) is 0.375. The summed E-state index contributed by atoms with van der Waals surface area (Å²) >= 11 is 1.42. The second-order valence-electron chi connectivity index (χ2n) is 8.12. The van der Waals surface area contributed by atoms with Crippen LogP contribution < -0.4 is 5.32 Å². The lowest BCUT2D eigenvalue weighted by Gasteiger charge is -2.25. The lowest BCUT2D eigenvalue weighted by atomic mass is 10.1. The monoisotopic (exact) mass is 436 g/mol. The Hall–Kier alpha value is -2.80. The molecule has 1 saturated heterocycles. The molecule has 4 rings (SSSR count). The molecule has 1 aliphatic rings. The van der Waals surface area contributed by atoms with Gasteiger partial charge >= 0.3 is 0 Å². The molecule has 0 spiro atoms. The first-order valence-electron chi connectivity index (χ1n) is 10.6. The van der Waals surface area contributed by atoms with Crippen molar-refractivity contribution < 1.29 is 9.59 Å². The van der Waals surface area contributed by atoms with Gasteiger partial charge in [0.05, 0.1) is 22.8 Å². The van der Waals surface area contributed by atoms with E-state index >= 15 is 0 Å². The molecule has 2 heterocycles. The van der Waals surface area contributed by atoms with Gasteiger partial charge in [-0.25, -0.2) is 4.98 Å². The molecule has 31 heavy (non-hydrogen) atoms. The smallest absolute Gasteiger partial charge is 0.243 e. The fourth-order valence-corrected chi connectivity index (χ4v) is 4.92. The van der Waals surface area contributed by atoms with Crippen LogP contribution in [0.1, 0.15) is 36.9 Å². The van der Waals surface area contributed by atoms with Crippen LogP contribution in [0.15, 0.2) is 53.7 Å². The number of imidazole rings is 1. The van der Waals surface area contributed by atoms with E-state index in [-0.39, 0.29) is 23.6 Å². The van der Waals surface area contributed by atoms with Crippen molar-refractivity contribution in [1.29, 1.82) is 0 Å². The third-order valence-corrected chi connectivity index (χ3v) is 6.90. The zero-order chi connectivity index (χ0) is 22.0. The summed E-state index contributed by atoms with van der Waals surface area (Å²) in [6.07, 6.45) is 1.55. The standard InChI is InChI=1S/C24H28N4O2S/c1-16-10-12-18(13-11-16)17(2)25-23(30)21-9-6-14-28(21)22(29)15-31-24-26-19-7-4-5-8-20(19)27(24)3/h4-5,7-8,10-13,17,21H,6,9,14-15H2,1-3H3,(H,25,30)/t17-,21-/m0/s1. The van der Waals surface area contributed by atoms with E-state index in [0.29, 0.717) is 13.0 Å². The van der Waals surface area contributed by atoms with Gasteiger partial charge in [-0.05, 0) is 44.4 Å². The number of nitrogens with zero attached hydrogens (tertiary/aromatic N) is 3. The average Bonchev–Trinajstić information content (AvgIpc) is 3.38. The number of carbonyl (C=O) groups is 2. The highest BCUT2D eigenvalue weighted by Crippen LogP contribution is 2.25. The molecular weight excluding hydrogens is 408 g/mol. The van der Waals surface area contributed by atoms with Gasteiger partial charge in [-0.3, -0.25) is 9.59 Å². The molecule has 0 unspecified atom stereocenters. The van der Waals surface area contributed by atoms with E-state index in [1.54, 1.807) is 4.90 Å². The minimum absolute atomic E-state index is 0.0160. The number of hydrogen-bond acceptors (Lipinski definition) is 4. The van der Waals surface area contributed by atoms with Crippen molar-refractivity contribution in [3.8, 4) is 0 Å². The largest absolute Gasteiger partial charge is 0.348 e. The maximum atomic E-state index is 12.9. The quantitative estimate of drug-likeness (QED) is 0.596. The Morgan fingerprint density at radius 2 is 1.94 bits per heavy atom. The van der Waals surface area contributed by atoms with E-state index in [2.05, 4.69) is 10.3 Å². The molecule has 1 aromatic heterocycles. The molecule has 162 valence electrons. The molecule has 2 amide bonds. The first kappa shape index (κ1) is 21.4. The van der Waals surface area contributed by atoms with Crippen LogP contribution in [0.4, 0.5) is 0 Å². The molecule has 0 aliphatic carbocycles. The molecule has 2 aromatic carbocycles. The average molecular weight is 437 g/mol.